The molecule has 0 aliphatic heterocycles. The summed E-state index contributed by atoms with van der Waals surface area (Å²) < 4.78 is 6.65. The van der Waals surface area contributed by atoms with Gasteiger partial charge < -0.3 is 15.2 Å². The number of amides is 1. The Morgan fingerprint density at radius 2 is 1.74 bits per heavy atom. The lowest BCUT2D eigenvalue weighted by atomic mass is 9.93. The van der Waals surface area contributed by atoms with E-state index in [9.17, 15) is 9.59 Å². The highest BCUT2D eigenvalue weighted by molar-refractivity contribution is 7.14. The molecule has 0 aliphatic rings. The van der Waals surface area contributed by atoms with Gasteiger partial charge in [-0.1, -0.05) is 44.2 Å². The zero-order valence-corrected chi connectivity index (χ0v) is 21.3. The minimum absolute atomic E-state index is 0.0973. The average Bonchev–Trinajstić information content (AvgIpc) is 3.29. The van der Waals surface area contributed by atoms with E-state index in [0.29, 0.717) is 10.8 Å². The molecular weight excluding hydrogens is 446 g/mol. The SMILES string of the molecule is Cc1cc(-c2ccccc2)c(C)c(C)c1OC(CC(C)C)c1ccc(C(=O)NCCC(=O)O)s1. The highest BCUT2D eigenvalue weighted by Gasteiger charge is 2.22. The summed E-state index contributed by atoms with van der Waals surface area (Å²) in [5.74, 6) is 0.113. The Morgan fingerprint density at radius 3 is 2.38 bits per heavy atom. The molecule has 180 valence electrons. The maximum atomic E-state index is 12.4. The molecule has 3 rings (SSSR count). The molecule has 0 saturated heterocycles. The van der Waals surface area contributed by atoms with Crippen LogP contribution in [0.3, 0.4) is 0 Å². The molecular formula is C28H33NO4S. The third-order valence-corrected chi connectivity index (χ3v) is 7.02. The number of carbonyl (C=O) groups excluding carboxylic acids is 1. The molecule has 1 unspecified atom stereocenters. The minimum Gasteiger partial charge on any atom is -0.484 e. The summed E-state index contributed by atoms with van der Waals surface area (Å²) in [6, 6.07) is 16.3. The minimum atomic E-state index is -0.933. The molecule has 6 heteroatoms. The maximum absolute atomic E-state index is 12.4. The van der Waals surface area contributed by atoms with E-state index in [2.05, 4.69) is 70.3 Å². The van der Waals surface area contributed by atoms with Gasteiger partial charge in [-0.2, -0.15) is 0 Å². The van der Waals surface area contributed by atoms with E-state index in [-0.39, 0.29) is 25.0 Å². The summed E-state index contributed by atoms with van der Waals surface area (Å²) >= 11 is 1.40. The van der Waals surface area contributed by atoms with E-state index in [4.69, 9.17) is 9.84 Å². The van der Waals surface area contributed by atoms with Crippen molar-refractivity contribution in [2.45, 2.75) is 53.6 Å². The summed E-state index contributed by atoms with van der Waals surface area (Å²) in [5.41, 5.74) is 5.79. The summed E-state index contributed by atoms with van der Waals surface area (Å²) in [6.45, 7) is 10.7. The van der Waals surface area contributed by atoms with Crippen LogP contribution in [0.4, 0.5) is 0 Å². The van der Waals surface area contributed by atoms with Crippen molar-refractivity contribution in [1.82, 2.24) is 5.32 Å². The summed E-state index contributed by atoms with van der Waals surface area (Å²) in [5, 5.41) is 11.4. The second-order valence-electron chi connectivity index (χ2n) is 9.02. The number of carboxylic acid groups (broad SMARTS) is 1. The van der Waals surface area contributed by atoms with Gasteiger partial charge in [0.15, 0.2) is 0 Å². The molecule has 1 amide bonds. The van der Waals surface area contributed by atoms with Crippen molar-refractivity contribution >= 4 is 23.2 Å². The first kappa shape index (κ1) is 25.5. The Kier molecular flexibility index (Phi) is 8.51. The number of thiophene rings is 1. The topological polar surface area (TPSA) is 75.6 Å². The van der Waals surface area contributed by atoms with Gasteiger partial charge in [0, 0.05) is 11.4 Å². The van der Waals surface area contributed by atoms with E-state index < -0.39 is 5.97 Å². The summed E-state index contributed by atoms with van der Waals surface area (Å²) in [4.78, 5) is 24.7. The normalized spacial score (nSPS) is 11.9. The van der Waals surface area contributed by atoms with E-state index in [1.807, 2.05) is 12.1 Å². The van der Waals surface area contributed by atoms with Gasteiger partial charge in [0.1, 0.15) is 11.9 Å². The standard InChI is InChI=1S/C28H33NO4S/c1-17(2)15-23(24-11-12-25(34-24)28(32)29-14-13-26(30)31)33-27-18(3)16-22(19(4)20(27)5)21-9-7-6-8-10-21/h6-12,16-17,23H,13-15H2,1-5H3,(H,29,32)(H,30,31). The van der Waals surface area contributed by atoms with Crippen LogP contribution in [0.5, 0.6) is 5.75 Å². The molecule has 0 aliphatic carbocycles. The zero-order chi connectivity index (χ0) is 24.8. The van der Waals surface area contributed by atoms with Crippen LogP contribution in [0.1, 0.15) is 64.0 Å². The number of ether oxygens (including phenoxy) is 1. The van der Waals surface area contributed by atoms with Gasteiger partial charge in [-0.3, -0.25) is 9.59 Å². The smallest absolute Gasteiger partial charge is 0.305 e. The fraction of sp³-hybridized carbons (Fsp3) is 0.357. The van der Waals surface area contributed by atoms with Gasteiger partial charge in [-0.25, -0.2) is 0 Å². The number of carboxylic acids is 1. The molecule has 2 N–H and O–H groups in total. The molecule has 0 saturated carbocycles. The highest BCUT2D eigenvalue weighted by Crippen LogP contribution is 2.39. The fourth-order valence-electron chi connectivity index (χ4n) is 3.97. The predicted molar refractivity (Wildman–Crippen MR) is 138 cm³/mol. The van der Waals surface area contributed by atoms with Crippen LogP contribution in [-0.4, -0.2) is 23.5 Å². The lowest BCUT2D eigenvalue weighted by molar-refractivity contribution is -0.136. The first-order valence-corrected chi connectivity index (χ1v) is 12.4. The van der Waals surface area contributed by atoms with Crippen LogP contribution in [0.25, 0.3) is 11.1 Å². The van der Waals surface area contributed by atoms with Crippen molar-refractivity contribution in [2.24, 2.45) is 5.92 Å². The van der Waals surface area contributed by atoms with Crippen LogP contribution in [0.2, 0.25) is 0 Å². The maximum Gasteiger partial charge on any atom is 0.305 e. The van der Waals surface area contributed by atoms with E-state index in [1.165, 1.54) is 28.0 Å². The molecule has 1 heterocycles. The number of nitrogens with one attached hydrogen (secondary N) is 1. The molecule has 0 radical (unpaired) electrons. The number of carbonyl (C=O) groups is 2. The van der Waals surface area contributed by atoms with Crippen molar-refractivity contribution in [3.05, 3.63) is 75.0 Å². The lowest BCUT2D eigenvalue weighted by Gasteiger charge is -2.24. The van der Waals surface area contributed by atoms with Crippen molar-refractivity contribution < 1.29 is 19.4 Å². The third kappa shape index (κ3) is 6.26. The Balaban J connectivity index is 1.86. The number of aryl methyl sites for hydroxylation is 1. The second-order valence-corrected chi connectivity index (χ2v) is 10.1. The van der Waals surface area contributed by atoms with E-state index >= 15 is 0 Å². The first-order chi connectivity index (χ1) is 16.2. The van der Waals surface area contributed by atoms with E-state index in [1.54, 1.807) is 6.07 Å². The Labute approximate surface area is 205 Å². The highest BCUT2D eigenvalue weighted by atomic mass is 32.1. The lowest BCUT2D eigenvalue weighted by Crippen LogP contribution is -2.25. The van der Waals surface area contributed by atoms with Crippen LogP contribution in [0.15, 0.2) is 48.5 Å². The Bertz CT molecular complexity index is 1150. The van der Waals surface area contributed by atoms with Gasteiger partial charge in [-0.15, -0.1) is 11.3 Å². The number of hydrogen-bond donors (Lipinski definition) is 2. The third-order valence-electron chi connectivity index (χ3n) is 5.85. The second kappa shape index (κ2) is 11.3. The predicted octanol–water partition coefficient (Wildman–Crippen LogP) is 6.71. The monoisotopic (exact) mass is 479 g/mol. The number of hydrogen-bond acceptors (Lipinski definition) is 4. The van der Waals surface area contributed by atoms with Gasteiger partial charge >= 0.3 is 5.97 Å². The quantitative estimate of drug-likeness (QED) is 0.339. The molecule has 0 spiro atoms. The largest absolute Gasteiger partial charge is 0.484 e. The zero-order valence-electron chi connectivity index (χ0n) is 20.5. The van der Waals surface area contributed by atoms with Crippen molar-refractivity contribution in [2.75, 3.05) is 6.54 Å². The molecule has 0 fully saturated rings. The van der Waals surface area contributed by atoms with Crippen molar-refractivity contribution in [1.29, 1.82) is 0 Å². The molecule has 0 bridgehead atoms. The van der Waals surface area contributed by atoms with Crippen LogP contribution < -0.4 is 10.1 Å². The average molecular weight is 480 g/mol. The van der Waals surface area contributed by atoms with Crippen LogP contribution in [-0.2, 0) is 4.79 Å². The number of rotatable bonds is 10. The van der Waals surface area contributed by atoms with Gasteiger partial charge in [-0.05, 0) is 79.1 Å². The molecule has 5 nitrogen and oxygen atoms in total. The Hall–Kier alpha value is -3.12. The van der Waals surface area contributed by atoms with Gasteiger partial charge in [0.05, 0.1) is 11.3 Å². The summed E-state index contributed by atoms with van der Waals surface area (Å²) in [6.07, 6.45) is 0.545. The molecule has 1 atom stereocenters. The molecule has 1 aromatic heterocycles. The fourth-order valence-corrected chi connectivity index (χ4v) is 4.93. The number of aliphatic carboxylic acids is 1. The van der Waals surface area contributed by atoms with Crippen molar-refractivity contribution in [3.8, 4) is 16.9 Å². The molecule has 2 aromatic carbocycles. The summed E-state index contributed by atoms with van der Waals surface area (Å²) in [7, 11) is 0. The van der Waals surface area contributed by atoms with Crippen LogP contribution >= 0.6 is 11.3 Å². The van der Waals surface area contributed by atoms with Crippen LogP contribution in [0, 0.1) is 26.7 Å². The van der Waals surface area contributed by atoms with Crippen molar-refractivity contribution in [3.63, 3.8) is 0 Å². The first-order valence-electron chi connectivity index (χ1n) is 11.6. The van der Waals surface area contributed by atoms with E-state index in [0.717, 1.165) is 28.2 Å². The Morgan fingerprint density at radius 1 is 1.03 bits per heavy atom. The molecule has 34 heavy (non-hydrogen) atoms. The number of benzene rings is 2. The molecule has 3 aromatic rings. The van der Waals surface area contributed by atoms with Gasteiger partial charge in [0.2, 0.25) is 0 Å². The van der Waals surface area contributed by atoms with Gasteiger partial charge in [0.25, 0.3) is 5.91 Å².